The fourth-order valence-electron chi connectivity index (χ4n) is 1.25. The largest absolute Gasteiger partial charge is 0.347 e. The highest BCUT2D eigenvalue weighted by Crippen LogP contribution is 2.10. The molecule has 0 aliphatic rings. The number of benzene rings is 1. The summed E-state index contributed by atoms with van der Waals surface area (Å²) in [6.07, 6.45) is 0. The number of aryl methyl sites for hydroxylation is 2. The van der Waals surface area contributed by atoms with Crippen LogP contribution in [0, 0.1) is 13.8 Å². The van der Waals surface area contributed by atoms with Crippen molar-refractivity contribution < 1.29 is 4.79 Å². The molecule has 0 heterocycles. The van der Waals surface area contributed by atoms with Gasteiger partial charge in [-0.1, -0.05) is 35.9 Å². The van der Waals surface area contributed by atoms with E-state index < -0.39 is 0 Å². The van der Waals surface area contributed by atoms with Gasteiger partial charge in [-0.15, -0.1) is 0 Å². The summed E-state index contributed by atoms with van der Waals surface area (Å²) in [7, 11) is 0. The molecule has 1 rings (SSSR count). The molecule has 0 unspecified atom stereocenters. The van der Waals surface area contributed by atoms with Crippen LogP contribution in [-0.2, 0) is 0 Å². The lowest BCUT2D eigenvalue weighted by atomic mass is 10.1. The molecule has 1 aromatic carbocycles. The van der Waals surface area contributed by atoms with Crippen molar-refractivity contribution in [2.75, 3.05) is 6.54 Å². The Hall–Kier alpha value is -1.28. The average Bonchev–Trinajstić information content (AvgIpc) is 2.18. The molecule has 1 aromatic rings. The van der Waals surface area contributed by atoms with E-state index in [0.29, 0.717) is 17.1 Å². The molecule has 1 N–H and O–H groups in total. The van der Waals surface area contributed by atoms with E-state index in [1.165, 1.54) is 0 Å². The van der Waals surface area contributed by atoms with Gasteiger partial charge in [-0.25, -0.2) is 0 Å². The van der Waals surface area contributed by atoms with Crippen molar-refractivity contribution in [2.45, 2.75) is 13.8 Å². The maximum absolute atomic E-state index is 11.7. The summed E-state index contributed by atoms with van der Waals surface area (Å²) in [4.78, 5) is 11.7. The second-order valence-corrected chi connectivity index (χ2v) is 4.05. The monoisotopic (exact) mass is 223 g/mol. The highest BCUT2D eigenvalue weighted by Gasteiger charge is 2.08. The highest BCUT2D eigenvalue weighted by molar-refractivity contribution is 6.29. The Morgan fingerprint density at radius 1 is 1.47 bits per heavy atom. The smallest absolute Gasteiger partial charge is 0.251 e. The molecule has 0 saturated heterocycles. The number of carbonyl (C=O) groups excluding carboxylic acids is 1. The zero-order chi connectivity index (χ0) is 11.4. The molecule has 0 aromatic heterocycles. The van der Waals surface area contributed by atoms with E-state index in [1.807, 2.05) is 32.0 Å². The molecule has 0 radical (unpaired) electrons. The van der Waals surface area contributed by atoms with Crippen LogP contribution in [0.4, 0.5) is 0 Å². The topological polar surface area (TPSA) is 29.1 Å². The van der Waals surface area contributed by atoms with Gasteiger partial charge in [0.25, 0.3) is 5.91 Å². The maximum atomic E-state index is 11.7. The summed E-state index contributed by atoms with van der Waals surface area (Å²) in [6, 6.07) is 5.77. The van der Waals surface area contributed by atoms with Gasteiger partial charge >= 0.3 is 0 Å². The predicted molar refractivity (Wildman–Crippen MR) is 63.2 cm³/mol. The third-order valence-corrected chi connectivity index (χ3v) is 2.21. The lowest BCUT2D eigenvalue weighted by Crippen LogP contribution is -2.25. The summed E-state index contributed by atoms with van der Waals surface area (Å²) < 4.78 is 0. The van der Waals surface area contributed by atoms with Gasteiger partial charge in [-0.05, 0) is 25.5 Å². The third-order valence-electron chi connectivity index (χ3n) is 2.08. The minimum Gasteiger partial charge on any atom is -0.347 e. The van der Waals surface area contributed by atoms with Crippen molar-refractivity contribution >= 4 is 17.5 Å². The number of carbonyl (C=O) groups is 1. The van der Waals surface area contributed by atoms with Crippen LogP contribution in [0.3, 0.4) is 0 Å². The molecular formula is C12H14ClNO. The lowest BCUT2D eigenvalue weighted by molar-refractivity contribution is 0.0957. The Morgan fingerprint density at radius 3 is 2.73 bits per heavy atom. The van der Waals surface area contributed by atoms with Crippen molar-refractivity contribution in [2.24, 2.45) is 0 Å². The van der Waals surface area contributed by atoms with Gasteiger partial charge in [-0.2, -0.15) is 0 Å². The van der Waals surface area contributed by atoms with E-state index >= 15 is 0 Å². The van der Waals surface area contributed by atoms with Crippen LogP contribution in [0.15, 0.2) is 29.8 Å². The van der Waals surface area contributed by atoms with E-state index in [1.54, 1.807) is 0 Å². The van der Waals surface area contributed by atoms with Crippen LogP contribution in [0.25, 0.3) is 0 Å². The summed E-state index contributed by atoms with van der Waals surface area (Å²) in [5, 5.41) is 3.12. The van der Waals surface area contributed by atoms with Crippen LogP contribution >= 0.6 is 11.6 Å². The van der Waals surface area contributed by atoms with Gasteiger partial charge in [-0.3, -0.25) is 4.79 Å². The number of amides is 1. The maximum Gasteiger partial charge on any atom is 0.251 e. The lowest BCUT2D eigenvalue weighted by Gasteiger charge is -2.07. The highest BCUT2D eigenvalue weighted by atomic mass is 35.5. The fourth-order valence-corrected chi connectivity index (χ4v) is 1.32. The number of hydrogen-bond donors (Lipinski definition) is 1. The van der Waals surface area contributed by atoms with Crippen LogP contribution < -0.4 is 5.32 Å². The van der Waals surface area contributed by atoms with Gasteiger partial charge in [0.1, 0.15) is 0 Å². The molecule has 3 heteroatoms. The first-order valence-electron chi connectivity index (χ1n) is 4.69. The van der Waals surface area contributed by atoms with Crippen LogP contribution in [0.2, 0.25) is 0 Å². The molecule has 0 aliphatic carbocycles. The molecule has 0 fully saturated rings. The van der Waals surface area contributed by atoms with E-state index in [2.05, 4.69) is 11.9 Å². The SMILES string of the molecule is C=C(Cl)CNC(=O)c1cc(C)ccc1C. The molecule has 0 bridgehead atoms. The second-order valence-electron chi connectivity index (χ2n) is 3.52. The van der Waals surface area contributed by atoms with E-state index in [4.69, 9.17) is 11.6 Å². The van der Waals surface area contributed by atoms with E-state index in [9.17, 15) is 4.79 Å². The molecule has 0 saturated carbocycles. The summed E-state index contributed by atoms with van der Waals surface area (Å²) in [5.41, 5.74) is 2.71. The number of hydrogen-bond acceptors (Lipinski definition) is 1. The molecular weight excluding hydrogens is 210 g/mol. The first kappa shape index (κ1) is 11.8. The van der Waals surface area contributed by atoms with Crippen molar-refractivity contribution in [3.05, 3.63) is 46.5 Å². The summed E-state index contributed by atoms with van der Waals surface area (Å²) in [5.74, 6) is -0.113. The number of halogens is 1. The standard InChI is InChI=1S/C12H14ClNO/c1-8-4-5-9(2)11(6-8)12(15)14-7-10(3)13/h4-6H,3,7H2,1-2H3,(H,14,15). The first-order valence-corrected chi connectivity index (χ1v) is 5.07. The normalized spacial score (nSPS) is 9.80. The molecule has 0 spiro atoms. The Bertz CT molecular complexity index is 399. The molecule has 15 heavy (non-hydrogen) atoms. The van der Waals surface area contributed by atoms with Crippen molar-refractivity contribution in [3.8, 4) is 0 Å². The molecule has 0 atom stereocenters. The minimum absolute atomic E-state index is 0.113. The van der Waals surface area contributed by atoms with E-state index in [-0.39, 0.29) is 5.91 Å². The van der Waals surface area contributed by atoms with Gasteiger partial charge in [0.05, 0.1) is 6.54 Å². The van der Waals surface area contributed by atoms with Crippen LogP contribution in [0.1, 0.15) is 21.5 Å². The minimum atomic E-state index is -0.113. The molecule has 80 valence electrons. The van der Waals surface area contributed by atoms with Crippen LogP contribution in [-0.4, -0.2) is 12.5 Å². The third kappa shape index (κ3) is 3.40. The van der Waals surface area contributed by atoms with Gasteiger partial charge in [0.15, 0.2) is 0 Å². The molecule has 0 aliphatic heterocycles. The average molecular weight is 224 g/mol. The Labute approximate surface area is 94.9 Å². The Morgan fingerprint density at radius 2 is 2.13 bits per heavy atom. The zero-order valence-electron chi connectivity index (χ0n) is 8.93. The zero-order valence-corrected chi connectivity index (χ0v) is 9.69. The van der Waals surface area contributed by atoms with Gasteiger partial charge < -0.3 is 5.32 Å². The van der Waals surface area contributed by atoms with Gasteiger partial charge in [0, 0.05) is 10.6 Å². The predicted octanol–water partition coefficient (Wildman–Crippen LogP) is 2.79. The van der Waals surface area contributed by atoms with Crippen molar-refractivity contribution in [1.82, 2.24) is 5.32 Å². The van der Waals surface area contributed by atoms with E-state index in [0.717, 1.165) is 11.1 Å². The summed E-state index contributed by atoms with van der Waals surface area (Å²) in [6.45, 7) is 7.67. The number of rotatable bonds is 3. The Balaban J connectivity index is 2.81. The van der Waals surface area contributed by atoms with Crippen molar-refractivity contribution in [1.29, 1.82) is 0 Å². The molecule has 1 amide bonds. The summed E-state index contributed by atoms with van der Waals surface area (Å²) >= 11 is 5.57. The Kier molecular flexibility index (Phi) is 3.92. The molecule has 2 nitrogen and oxygen atoms in total. The first-order chi connectivity index (χ1) is 7.00. The quantitative estimate of drug-likeness (QED) is 0.839. The fraction of sp³-hybridized carbons (Fsp3) is 0.250. The van der Waals surface area contributed by atoms with Crippen molar-refractivity contribution in [3.63, 3.8) is 0 Å². The second kappa shape index (κ2) is 4.99. The van der Waals surface area contributed by atoms with Gasteiger partial charge in [0.2, 0.25) is 0 Å². The number of nitrogens with one attached hydrogen (secondary N) is 1. The van der Waals surface area contributed by atoms with Crippen LogP contribution in [0.5, 0.6) is 0 Å².